The van der Waals surface area contributed by atoms with E-state index < -0.39 is 5.76 Å². The Morgan fingerprint density at radius 1 is 1.17 bits per heavy atom. The lowest BCUT2D eigenvalue weighted by Crippen LogP contribution is -2.16. The number of nitrogens with zero attached hydrogens (tertiary/aromatic N) is 3. The van der Waals surface area contributed by atoms with Crippen LogP contribution in [-0.2, 0) is 6.54 Å². The number of benzene rings is 1. The standard InChI is InChI=1S/C16H10FN3O3S/c17-11-5-3-10(4-6-11)14-19-20(16(21)23-14)8-12-9-22-15(18-12)13-2-1-7-24-13/h1-7,9H,8H2. The van der Waals surface area contributed by atoms with Gasteiger partial charge in [0.25, 0.3) is 0 Å². The van der Waals surface area contributed by atoms with Crippen LogP contribution in [0.15, 0.2) is 61.7 Å². The third-order valence-electron chi connectivity index (χ3n) is 3.29. The molecule has 0 N–H and O–H groups in total. The van der Waals surface area contributed by atoms with E-state index >= 15 is 0 Å². The fourth-order valence-electron chi connectivity index (χ4n) is 2.16. The molecular weight excluding hydrogens is 333 g/mol. The minimum Gasteiger partial charge on any atom is -0.443 e. The normalized spacial score (nSPS) is 11.0. The van der Waals surface area contributed by atoms with E-state index in [2.05, 4.69) is 10.1 Å². The van der Waals surface area contributed by atoms with Gasteiger partial charge in [0.1, 0.15) is 17.8 Å². The van der Waals surface area contributed by atoms with Crippen LogP contribution in [0.2, 0.25) is 0 Å². The fraction of sp³-hybridized carbons (Fsp3) is 0.0625. The van der Waals surface area contributed by atoms with Crippen LogP contribution in [0.4, 0.5) is 4.39 Å². The molecule has 0 saturated carbocycles. The molecule has 1 aromatic carbocycles. The lowest BCUT2D eigenvalue weighted by Gasteiger charge is -1.94. The molecule has 6 nitrogen and oxygen atoms in total. The largest absolute Gasteiger partial charge is 0.443 e. The molecule has 24 heavy (non-hydrogen) atoms. The van der Waals surface area contributed by atoms with Crippen molar-refractivity contribution in [1.82, 2.24) is 14.8 Å². The van der Waals surface area contributed by atoms with Gasteiger partial charge in [-0.05, 0) is 35.7 Å². The zero-order valence-electron chi connectivity index (χ0n) is 12.2. The van der Waals surface area contributed by atoms with Crippen LogP contribution >= 0.6 is 11.3 Å². The number of hydrogen-bond donors (Lipinski definition) is 0. The van der Waals surface area contributed by atoms with Gasteiger partial charge in [0.2, 0.25) is 11.8 Å². The number of rotatable bonds is 4. The van der Waals surface area contributed by atoms with Crippen molar-refractivity contribution in [3.05, 3.63) is 70.1 Å². The molecule has 0 spiro atoms. The van der Waals surface area contributed by atoms with Crippen LogP contribution in [0.5, 0.6) is 0 Å². The molecule has 0 aliphatic heterocycles. The smallest absolute Gasteiger partial charge is 0.437 e. The van der Waals surface area contributed by atoms with Crippen molar-refractivity contribution < 1.29 is 13.2 Å². The Balaban J connectivity index is 1.59. The maximum Gasteiger partial charge on any atom is 0.437 e. The van der Waals surface area contributed by atoms with E-state index in [1.807, 2.05) is 17.5 Å². The predicted octanol–water partition coefficient (Wildman–Crippen LogP) is 3.41. The van der Waals surface area contributed by atoms with Gasteiger partial charge in [-0.1, -0.05) is 6.07 Å². The van der Waals surface area contributed by atoms with E-state index in [0.717, 1.165) is 9.56 Å². The first kappa shape index (κ1) is 14.6. The predicted molar refractivity (Wildman–Crippen MR) is 85.1 cm³/mol. The Labute approximate surface area is 138 Å². The number of thiophene rings is 1. The van der Waals surface area contributed by atoms with Gasteiger partial charge in [0, 0.05) is 5.56 Å². The Bertz CT molecular complexity index is 1020. The highest BCUT2D eigenvalue weighted by Crippen LogP contribution is 2.23. The van der Waals surface area contributed by atoms with Gasteiger partial charge in [0.15, 0.2) is 0 Å². The van der Waals surface area contributed by atoms with Gasteiger partial charge in [-0.3, -0.25) is 0 Å². The van der Waals surface area contributed by atoms with Crippen molar-refractivity contribution in [2.24, 2.45) is 0 Å². The van der Waals surface area contributed by atoms with Gasteiger partial charge in [0.05, 0.1) is 11.4 Å². The molecule has 0 unspecified atom stereocenters. The average Bonchev–Trinajstić information content (AvgIpc) is 3.30. The highest BCUT2D eigenvalue weighted by atomic mass is 32.1. The highest BCUT2D eigenvalue weighted by Gasteiger charge is 2.13. The summed E-state index contributed by atoms with van der Waals surface area (Å²) >= 11 is 1.51. The Morgan fingerprint density at radius 2 is 2.00 bits per heavy atom. The fourth-order valence-corrected chi connectivity index (χ4v) is 2.82. The van der Waals surface area contributed by atoms with Gasteiger partial charge in [-0.15, -0.1) is 16.4 Å². The third-order valence-corrected chi connectivity index (χ3v) is 4.15. The van der Waals surface area contributed by atoms with Gasteiger partial charge < -0.3 is 8.83 Å². The van der Waals surface area contributed by atoms with E-state index in [9.17, 15) is 9.18 Å². The minimum absolute atomic E-state index is 0.123. The SMILES string of the molecule is O=c1oc(-c2ccc(F)cc2)nn1Cc1coc(-c2cccs2)n1. The summed E-state index contributed by atoms with van der Waals surface area (Å²) in [4.78, 5) is 17.2. The van der Waals surface area contributed by atoms with Crippen LogP contribution in [0.25, 0.3) is 22.2 Å². The van der Waals surface area contributed by atoms with E-state index in [-0.39, 0.29) is 18.3 Å². The molecular formula is C16H10FN3O3S. The topological polar surface area (TPSA) is 74.1 Å². The quantitative estimate of drug-likeness (QED) is 0.568. The van der Waals surface area contributed by atoms with Crippen molar-refractivity contribution >= 4 is 11.3 Å². The molecule has 4 rings (SSSR count). The van der Waals surface area contributed by atoms with Crippen LogP contribution < -0.4 is 5.76 Å². The molecule has 0 amide bonds. The summed E-state index contributed by atoms with van der Waals surface area (Å²) in [6, 6.07) is 9.35. The van der Waals surface area contributed by atoms with Gasteiger partial charge >= 0.3 is 5.76 Å². The zero-order valence-corrected chi connectivity index (χ0v) is 13.0. The first-order valence-electron chi connectivity index (χ1n) is 7.01. The molecule has 0 bridgehead atoms. The van der Waals surface area contributed by atoms with E-state index in [1.165, 1.54) is 41.9 Å². The van der Waals surface area contributed by atoms with Crippen LogP contribution in [0, 0.1) is 5.82 Å². The number of oxazole rings is 1. The third kappa shape index (κ3) is 2.79. The summed E-state index contributed by atoms with van der Waals surface area (Å²) in [5.41, 5.74) is 1.08. The van der Waals surface area contributed by atoms with Gasteiger partial charge in [-0.2, -0.15) is 4.68 Å². The molecule has 3 aromatic heterocycles. The van der Waals surface area contributed by atoms with Crippen LogP contribution in [0.3, 0.4) is 0 Å². The molecule has 8 heteroatoms. The summed E-state index contributed by atoms with van der Waals surface area (Å²) in [5.74, 6) is -0.364. The Morgan fingerprint density at radius 3 is 2.75 bits per heavy atom. The zero-order chi connectivity index (χ0) is 16.5. The average molecular weight is 343 g/mol. The maximum absolute atomic E-state index is 13.0. The summed E-state index contributed by atoms with van der Waals surface area (Å²) in [5, 5.41) is 6.04. The molecule has 0 aliphatic rings. The van der Waals surface area contributed by atoms with Gasteiger partial charge in [-0.25, -0.2) is 14.2 Å². The highest BCUT2D eigenvalue weighted by molar-refractivity contribution is 7.13. The second kappa shape index (κ2) is 5.89. The second-order valence-corrected chi connectivity index (χ2v) is 5.91. The Kier molecular flexibility index (Phi) is 3.58. The summed E-state index contributed by atoms with van der Waals surface area (Å²) in [6.45, 7) is 0.123. The van der Waals surface area contributed by atoms with Crippen molar-refractivity contribution in [2.75, 3.05) is 0 Å². The van der Waals surface area contributed by atoms with Crippen LogP contribution in [0.1, 0.15) is 5.69 Å². The van der Waals surface area contributed by atoms with E-state index in [0.29, 0.717) is 17.1 Å². The molecule has 0 atom stereocenters. The monoisotopic (exact) mass is 343 g/mol. The molecule has 0 saturated heterocycles. The Hall–Kier alpha value is -3.00. The summed E-state index contributed by atoms with van der Waals surface area (Å²) < 4.78 is 24.6. The lowest BCUT2D eigenvalue weighted by atomic mass is 10.2. The molecule has 120 valence electrons. The molecule has 3 heterocycles. The minimum atomic E-state index is -0.616. The molecule has 0 fully saturated rings. The number of hydrogen-bond acceptors (Lipinski definition) is 6. The van der Waals surface area contributed by atoms with E-state index in [4.69, 9.17) is 8.83 Å². The first-order valence-corrected chi connectivity index (χ1v) is 7.89. The molecule has 4 aromatic rings. The van der Waals surface area contributed by atoms with Crippen molar-refractivity contribution in [3.8, 4) is 22.2 Å². The summed E-state index contributed by atoms with van der Waals surface area (Å²) in [7, 11) is 0. The second-order valence-electron chi connectivity index (χ2n) is 4.96. The molecule has 0 aliphatic carbocycles. The van der Waals surface area contributed by atoms with Crippen molar-refractivity contribution in [2.45, 2.75) is 6.54 Å². The van der Waals surface area contributed by atoms with Crippen molar-refractivity contribution in [3.63, 3.8) is 0 Å². The number of halogens is 1. The van der Waals surface area contributed by atoms with Crippen molar-refractivity contribution in [1.29, 1.82) is 0 Å². The maximum atomic E-state index is 13.0. The lowest BCUT2D eigenvalue weighted by molar-refractivity contribution is 0.492. The van der Waals surface area contributed by atoms with E-state index in [1.54, 1.807) is 0 Å². The molecule has 0 radical (unpaired) electrons. The summed E-state index contributed by atoms with van der Waals surface area (Å²) in [6.07, 6.45) is 1.48. The number of aromatic nitrogens is 3. The first-order chi connectivity index (χ1) is 11.7. The van der Waals surface area contributed by atoms with Crippen LogP contribution in [-0.4, -0.2) is 14.8 Å².